The molecule has 2 heterocycles. The van der Waals surface area contributed by atoms with Crippen LogP contribution in [0, 0.1) is 6.92 Å². The van der Waals surface area contributed by atoms with E-state index in [1.54, 1.807) is 18.7 Å². The number of aliphatic imine (C=N–C) groups is 1. The maximum atomic E-state index is 12.1. The molecule has 0 bridgehead atoms. The van der Waals surface area contributed by atoms with Crippen LogP contribution >= 0.6 is 23.4 Å². The number of aromatic hydroxyl groups is 1. The Labute approximate surface area is 143 Å². The van der Waals surface area contributed by atoms with Gasteiger partial charge >= 0.3 is 5.63 Å². The molecule has 0 unspecified atom stereocenters. The largest absolute Gasteiger partial charge is 0.507 e. The second-order valence-electron chi connectivity index (χ2n) is 5.35. The predicted molar refractivity (Wildman–Crippen MR) is 94.1 cm³/mol. The van der Waals surface area contributed by atoms with Crippen LogP contribution in [-0.2, 0) is 0 Å². The zero-order chi connectivity index (χ0) is 16.4. The highest BCUT2D eigenvalue weighted by Gasteiger charge is 2.23. The quantitative estimate of drug-likeness (QED) is 0.890. The van der Waals surface area contributed by atoms with Crippen molar-refractivity contribution in [2.45, 2.75) is 18.6 Å². The Hall–Kier alpha value is -1.72. The molecule has 0 amide bonds. The zero-order valence-electron chi connectivity index (χ0n) is 12.6. The van der Waals surface area contributed by atoms with E-state index in [0.717, 1.165) is 11.3 Å². The van der Waals surface area contributed by atoms with E-state index in [4.69, 9.17) is 16.0 Å². The van der Waals surface area contributed by atoms with Gasteiger partial charge < -0.3 is 9.52 Å². The van der Waals surface area contributed by atoms with E-state index in [1.807, 2.05) is 24.3 Å². The van der Waals surface area contributed by atoms with Crippen molar-refractivity contribution in [3.63, 3.8) is 0 Å². The van der Waals surface area contributed by atoms with Crippen LogP contribution in [-0.4, -0.2) is 23.1 Å². The fraction of sp³-hybridized carbons (Fsp3) is 0.294. The third-order valence-electron chi connectivity index (χ3n) is 3.65. The molecule has 6 heteroatoms. The van der Waals surface area contributed by atoms with Crippen molar-refractivity contribution >= 4 is 29.1 Å². The van der Waals surface area contributed by atoms with Crippen molar-refractivity contribution in [3.05, 3.63) is 62.7 Å². The van der Waals surface area contributed by atoms with Crippen molar-refractivity contribution in [2.24, 2.45) is 4.99 Å². The minimum absolute atomic E-state index is 0.0748. The third kappa shape index (κ3) is 3.62. The Morgan fingerprint density at radius 1 is 1.39 bits per heavy atom. The highest BCUT2D eigenvalue weighted by Crippen LogP contribution is 2.36. The van der Waals surface area contributed by atoms with Crippen LogP contribution in [0.3, 0.4) is 0 Å². The van der Waals surface area contributed by atoms with Gasteiger partial charge in [0.15, 0.2) is 0 Å². The molecule has 0 saturated carbocycles. The molecule has 1 aliphatic heterocycles. The summed E-state index contributed by atoms with van der Waals surface area (Å²) in [5.41, 5.74) is 1.31. The summed E-state index contributed by atoms with van der Waals surface area (Å²) >= 11 is 7.85. The molecule has 0 radical (unpaired) electrons. The molecule has 0 fully saturated rings. The summed E-state index contributed by atoms with van der Waals surface area (Å²) in [5.74, 6) is 1.15. The molecule has 0 saturated heterocycles. The minimum Gasteiger partial charge on any atom is -0.507 e. The molecule has 0 aliphatic carbocycles. The molecule has 3 rings (SSSR count). The first-order valence-corrected chi connectivity index (χ1v) is 8.72. The molecule has 1 atom stereocenters. The van der Waals surface area contributed by atoms with Crippen LogP contribution in [0.15, 0.2) is 44.5 Å². The zero-order valence-corrected chi connectivity index (χ0v) is 14.2. The number of hydrogen-bond donors (Lipinski definition) is 1. The summed E-state index contributed by atoms with van der Waals surface area (Å²) in [6.45, 7) is 2.23. The summed E-state index contributed by atoms with van der Waals surface area (Å²) in [7, 11) is 0. The third-order valence-corrected chi connectivity index (χ3v) is 5.15. The van der Waals surface area contributed by atoms with Crippen LogP contribution in [0.25, 0.3) is 0 Å². The van der Waals surface area contributed by atoms with Crippen molar-refractivity contribution in [1.29, 1.82) is 0 Å². The van der Waals surface area contributed by atoms with Crippen LogP contribution in [0.1, 0.15) is 28.6 Å². The number of halogens is 1. The molecular weight excluding hydrogens is 334 g/mol. The van der Waals surface area contributed by atoms with Gasteiger partial charge in [-0.3, -0.25) is 4.99 Å². The summed E-state index contributed by atoms with van der Waals surface area (Å²) in [5, 5.41) is 11.0. The maximum absolute atomic E-state index is 12.1. The van der Waals surface area contributed by atoms with Gasteiger partial charge in [0.05, 0.1) is 5.71 Å². The van der Waals surface area contributed by atoms with Crippen molar-refractivity contribution in [3.8, 4) is 5.75 Å². The average molecular weight is 350 g/mol. The lowest BCUT2D eigenvalue weighted by Gasteiger charge is -2.16. The maximum Gasteiger partial charge on any atom is 0.348 e. The fourth-order valence-corrected chi connectivity index (χ4v) is 3.93. The molecule has 1 N–H and O–H groups in total. The van der Waals surface area contributed by atoms with Gasteiger partial charge in [-0.05, 0) is 24.6 Å². The topological polar surface area (TPSA) is 62.8 Å². The molecule has 120 valence electrons. The Kier molecular flexibility index (Phi) is 4.78. The highest BCUT2D eigenvalue weighted by molar-refractivity contribution is 7.99. The number of aryl methyl sites for hydroxylation is 1. The van der Waals surface area contributed by atoms with Crippen molar-refractivity contribution < 1.29 is 9.52 Å². The SMILES string of the molecule is Cc1cc(O)c(C2=NCCS[C@H](c3cccc(Cl)c3)C2)c(=O)o1. The van der Waals surface area contributed by atoms with Gasteiger partial charge in [-0.25, -0.2) is 4.79 Å². The first-order valence-electron chi connectivity index (χ1n) is 7.29. The Bertz CT molecular complexity index is 816. The lowest BCUT2D eigenvalue weighted by atomic mass is 10.0. The number of benzene rings is 1. The number of rotatable bonds is 2. The van der Waals surface area contributed by atoms with Gasteiger partial charge in [-0.15, -0.1) is 0 Å². The summed E-state index contributed by atoms with van der Waals surface area (Å²) in [6, 6.07) is 9.15. The summed E-state index contributed by atoms with van der Waals surface area (Å²) in [6.07, 6.45) is 0.548. The molecule has 1 aliphatic rings. The van der Waals surface area contributed by atoms with E-state index >= 15 is 0 Å². The Morgan fingerprint density at radius 3 is 2.96 bits per heavy atom. The van der Waals surface area contributed by atoms with Gasteiger partial charge in [-0.1, -0.05) is 23.7 Å². The van der Waals surface area contributed by atoms with E-state index < -0.39 is 5.63 Å². The molecule has 1 aromatic carbocycles. The van der Waals surface area contributed by atoms with Crippen LogP contribution in [0.2, 0.25) is 5.02 Å². The minimum atomic E-state index is -0.544. The van der Waals surface area contributed by atoms with E-state index in [2.05, 4.69) is 4.99 Å². The number of hydrogen-bond acceptors (Lipinski definition) is 5. The average Bonchev–Trinajstić information content (AvgIpc) is 2.72. The molecular formula is C17H16ClNO3S. The summed E-state index contributed by atoms with van der Waals surface area (Å²) in [4.78, 5) is 16.6. The lowest BCUT2D eigenvalue weighted by Crippen LogP contribution is -2.17. The Balaban J connectivity index is 1.97. The number of nitrogens with zero attached hydrogens (tertiary/aromatic N) is 1. The van der Waals surface area contributed by atoms with Gasteiger partial charge in [0.2, 0.25) is 0 Å². The van der Waals surface area contributed by atoms with E-state index in [0.29, 0.717) is 29.5 Å². The molecule has 4 nitrogen and oxygen atoms in total. The standard InChI is InChI=1S/C17H16ClNO3S/c1-10-7-14(20)16(17(21)22-10)13-9-15(23-6-5-19-13)11-3-2-4-12(18)8-11/h2-4,7-8,15,20H,5-6,9H2,1H3/t15-/m0/s1. The fourth-order valence-electron chi connectivity index (χ4n) is 2.64. The van der Waals surface area contributed by atoms with Gasteiger partial charge in [0, 0.05) is 35.1 Å². The lowest BCUT2D eigenvalue weighted by molar-refractivity contribution is 0.432. The number of thioether (sulfide) groups is 1. The highest BCUT2D eigenvalue weighted by atomic mass is 35.5. The normalized spacial score (nSPS) is 18.3. The monoisotopic (exact) mass is 349 g/mol. The van der Waals surface area contributed by atoms with Crippen molar-refractivity contribution in [2.75, 3.05) is 12.3 Å². The smallest absolute Gasteiger partial charge is 0.348 e. The summed E-state index contributed by atoms with van der Waals surface area (Å²) < 4.78 is 5.12. The molecule has 1 aromatic heterocycles. The van der Waals surface area contributed by atoms with E-state index in [1.165, 1.54) is 6.07 Å². The van der Waals surface area contributed by atoms with Gasteiger partial charge in [0.1, 0.15) is 17.1 Å². The first-order chi connectivity index (χ1) is 11.0. The van der Waals surface area contributed by atoms with Crippen LogP contribution < -0.4 is 5.63 Å². The van der Waals surface area contributed by atoms with Gasteiger partial charge in [0.25, 0.3) is 0 Å². The molecule has 23 heavy (non-hydrogen) atoms. The van der Waals surface area contributed by atoms with Gasteiger partial charge in [-0.2, -0.15) is 11.8 Å². The molecule has 2 aromatic rings. The second kappa shape index (κ2) is 6.81. The van der Waals surface area contributed by atoms with E-state index in [9.17, 15) is 9.90 Å². The Morgan fingerprint density at radius 2 is 2.22 bits per heavy atom. The predicted octanol–water partition coefficient (Wildman–Crippen LogP) is 3.97. The van der Waals surface area contributed by atoms with Crippen LogP contribution in [0.5, 0.6) is 5.75 Å². The van der Waals surface area contributed by atoms with Crippen LogP contribution in [0.4, 0.5) is 0 Å². The van der Waals surface area contributed by atoms with Crippen molar-refractivity contribution in [1.82, 2.24) is 0 Å². The second-order valence-corrected chi connectivity index (χ2v) is 7.10. The molecule has 0 spiro atoms. The van der Waals surface area contributed by atoms with E-state index in [-0.39, 0.29) is 16.6 Å². The first kappa shape index (κ1) is 16.1.